The lowest BCUT2D eigenvalue weighted by atomic mass is 9.98. The van der Waals surface area contributed by atoms with Gasteiger partial charge in [0.2, 0.25) is 5.91 Å². The maximum absolute atomic E-state index is 13.8. The molecule has 0 aliphatic heterocycles. The van der Waals surface area contributed by atoms with Crippen molar-refractivity contribution in [2.75, 3.05) is 32.6 Å². The summed E-state index contributed by atoms with van der Waals surface area (Å²) in [5.41, 5.74) is 4.14. The smallest absolute Gasteiger partial charge is 0.303 e. The van der Waals surface area contributed by atoms with E-state index in [1.807, 2.05) is 38.4 Å². The number of nitrogens with zero attached hydrogens (tertiary/aromatic N) is 3. The quantitative estimate of drug-likeness (QED) is 0.279. The zero-order chi connectivity index (χ0) is 27.4. The molecule has 0 aliphatic rings. The molecule has 0 unspecified atom stereocenters. The van der Waals surface area contributed by atoms with Gasteiger partial charge in [0.15, 0.2) is 5.88 Å². The van der Waals surface area contributed by atoms with Crippen molar-refractivity contribution in [3.63, 3.8) is 0 Å². The van der Waals surface area contributed by atoms with Crippen molar-refractivity contribution >= 4 is 39.9 Å². The van der Waals surface area contributed by atoms with Gasteiger partial charge in [-0.15, -0.1) is 0 Å². The second-order valence-corrected chi connectivity index (χ2v) is 9.30. The molecule has 0 radical (unpaired) electrons. The number of aliphatic carboxylic acids is 1. The number of likely N-dealkylation sites (N-methyl/N-ethyl adjacent to an activating group) is 2. The van der Waals surface area contributed by atoms with Gasteiger partial charge in [0.25, 0.3) is 0 Å². The van der Waals surface area contributed by atoms with Crippen molar-refractivity contribution in [3.05, 3.63) is 89.2 Å². The normalized spacial score (nSPS) is 11.8. The van der Waals surface area contributed by atoms with Gasteiger partial charge in [0, 0.05) is 30.1 Å². The summed E-state index contributed by atoms with van der Waals surface area (Å²) in [5.74, 6) is -1.50. The summed E-state index contributed by atoms with van der Waals surface area (Å²) in [6.45, 7) is 0.281. The van der Waals surface area contributed by atoms with Gasteiger partial charge in [0.05, 0.1) is 29.0 Å². The molecule has 0 bridgehead atoms. The van der Waals surface area contributed by atoms with Crippen LogP contribution in [0.2, 0.25) is 0 Å². The predicted octanol–water partition coefficient (Wildman–Crippen LogP) is 4.72. The Balaban J connectivity index is 1.75. The van der Waals surface area contributed by atoms with Crippen molar-refractivity contribution in [2.24, 2.45) is 4.99 Å². The lowest BCUT2D eigenvalue weighted by Crippen LogP contribution is -2.34. The Morgan fingerprint density at radius 1 is 0.974 bits per heavy atom. The Bertz CT molecular complexity index is 1490. The number of H-pyrrole nitrogens is 1. The van der Waals surface area contributed by atoms with Crippen molar-refractivity contribution in [1.82, 2.24) is 9.88 Å². The van der Waals surface area contributed by atoms with Gasteiger partial charge in [-0.3, -0.25) is 9.59 Å². The number of carbonyl (C=O) groups is 2. The highest BCUT2D eigenvalue weighted by atomic mass is 19.1. The molecule has 1 aromatic heterocycles. The third kappa shape index (κ3) is 6.07. The van der Waals surface area contributed by atoms with Gasteiger partial charge in [-0.25, -0.2) is 9.38 Å². The van der Waals surface area contributed by atoms with Gasteiger partial charge in [0.1, 0.15) is 5.82 Å². The van der Waals surface area contributed by atoms with Gasteiger partial charge in [-0.1, -0.05) is 24.3 Å². The first-order valence-corrected chi connectivity index (χ1v) is 12.0. The SMILES string of the molecule is CN(C)CC(=O)N(C)c1ccc(N=C(c2ccc(CCC(=O)O)cc2)c2c(O)[nH]c3cc(F)ccc23)cc1. The highest BCUT2D eigenvalue weighted by Crippen LogP contribution is 2.32. The summed E-state index contributed by atoms with van der Waals surface area (Å²) in [4.78, 5) is 34.4. The molecule has 0 atom stereocenters. The van der Waals surface area contributed by atoms with Crippen molar-refractivity contribution in [1.29, 1.82) is 0 Å². The summed E-state index contributed by atoms with van der Waals surface area (Å²) in [6.07, 6.45) is 0.411. The van der Waals surface area contributed by atoms with E-state index in [1.165, 1.54) is 12.1 Å². The summed E-state index contributed by atoms with van der Waals surface area (Å²) < 4.78 is 13.8. The van der Waals surface area contributed by atoms with E-state index in [9.17, 15) is 19.1 Å². The second kappa shape index (κ2) is 11.3. The number of amides is 1. The monoisotopic (exact) mass is 516 g/mol. The number of aromatic hydroxyl groups is 1. The maximum Gasteiger partial charge on any atom is 0.303 e. The maximum atomic E-state index is 13.8. The summed E-state index contributed by atoms with van der Waals surface area (Å²) in [5, 5.41) is 20.4. The molecule has 8 nitrogen and oxygen atoms in total. The molecule has 4 aromatic rings. The summed E-state index contributed by atoms with van der Waals surface area (Å²) in [7, 11) is 5.38. The zero-order valence-electron chi connectivity index (χ0n) is 21.4. The number of carbonyl (C=O) groups excluding carboxylic acids is 1. The zero-order valence-corrected chi connectivity index (χ0v) is 21.4. The van der Waals surface area contributed by atoms with E-state index < -0.39 is 11.8 Å². The van der Waals surface area contributed by atoms with Crippen LogP contribution in [0.3, 0.4) is 0 Å². The molecule has 3 aromatic carbocycles. The number of carboxylic acid groups (broad SMARTS) is 1. The summed E-state index contributed by atoms with van der Waals surface area (Å²) in [6, 6.07) is 18.7. The van der Waals surface area contributed by atoms with Gasteiger partial charge in [-0.05, 0) is 68.5 Å². The number of aryl methyl sites for hydroxylation is 1. The van der Waals surface area contributed by atoms with E-state index in [-0.39, 0.29) is 24.8 Å². The summed E-state index contributed by atoms with van der Waals surface area (Å²) >= 11 is 0. The number of anilines is 1. The number of rotatable bonds is 9. The molecule has 1 heterocycles. The molecule has 9 heteroatoms. The number of aliphatic imine (C=N–C) groups is 1. The van der Waals surface area contributed by atoms with E-state index in [4.69, 9.17) is 10.1 Å². The van der Waals surface area contributed by atoms with Crippen molar-refractivity contribution in [2.45, 2.75) is 12.8 Å². The topological polar surface area (TPSA) is 109 Å². The van der Waals surface area contributed by atoms with E-state index in [0.29, 0.717) is 45.5 Å². The number of hydrogen-bond donors (Lipinski definition) is 3. The number of fused-ring (bicyclic) bond motifs is 1. The third-order valence-electron chi connectivity index (χ3n) is 6.14. The number of halogens is 1. The first kappa shape index (κ1) is 26.6. The molecule has 0 aliphatic carbocycles. The van der Waals surface area contributed by atoms with Crippen LogP contribution in [-0.2, 0) is 16.0 Å². The molecule has 38 heavy (non-hydrogen) atoms. The Labute approximate surface area is 219 Å². The number of aromatic amines is 1. The van der Waals surface area contributed by atoms with Gasteiger partial charge < -0.3 is 25.0 Å². The van der Waals surface area contributed by atoms with Crippen LogP contribution in [0.4, 0.5) is 15.8 Å². The minimum Gasteiger partial charge on any atom is -0.494 e. The molecule has 0 saturated heterocycles. The average molecular weight is 517 g/mol. The van der Waals surface area contributed by atoms with Crippen LogP contribution in [0.15, 0.2) is 71.7 Å². The number of carboxylic acids is 1. The fourth-order valence-corrected chi connectivity index (χ4v) is 4.14. The van der Waals surface area contributed by atoms with Crippen LogP contribution in [0.1, 0.15) is 23.1 Å². The highest BCUT2D eigenvalue weighted by Gasteiger charge is 2.19. The van der Waals surface area contributed by atoms with E-state index in [0.717, 1.165) is 5.56 Å². The minimum absolute atomic E-state index is 0.0208. The fourth-order valence-electron chi connectivity index (χ4n) is 4.14. The predicted molar refractivity (Wildman–Crippen MR) is 146 cm³/mol. The number of hydrogen-bond acceptors (Lipinski definition) is 5. The molecule has 4 rings (SSSR count). The first-order chi connectivity index (χ1) is 18.1. The Morgan fingerprint density at radius 2 is 1.66 bits per heavy atom. The largest absolute Gasteiger partial charge is 0.494 e. The minimum atomic E-state index is -0.871. The lowest BCUT2D eigenvalue weighted by molar-refractivity contribution is -0.137. The molecule has 0 fully saturated rings. The molecule has 3 N–H and O–H groups in total. The fraction of sp³-hybridized carbons (Fsp3) is 0.207. The Kier molecular flexibility index (Phi) is 7.87. The van der Waals surface area contributed by atoms with E-state index >= 15 is 0 Å². The van der Waals surface area contributed by atoms with E-state index in [2.05, 4.69) is 4.98 Å². The van der Waals surface area contributed by atoms with Crippen LogP contribution < -0.4 is 4.90 Å². The highest BCUT2D eigenvalue weighted by molar-refractivity contribution is 6.21. The lowest BCUT2D eigenvalue weighted by Gasteiger charge is -2.19. The number of nitrogens with one attached hydrogen (secondary N) is 1. The van der Waals surface area contributed by atoms with Crippen LogP contribution in [0.25, 0.3) is 10.9 Å². The van der Waals surface area contributed by atoms with Gasteiger partial charge in [-0.2, -0.15) is 0 Å². The second-order valence-electron chi connectivity index (χ2n) is 9.30. The number of benzene rings is 3. The Hall–Kier alpha value is -4.50. The standard InChI is InChI=1S/C29H29FN4O4/c1-33(2)17-25(35)34(3)22-12-10-21(11-13-22)31-28(19-7-4-18(5-8-19)6-15-26(36)37)27-23-14-9-20(30)16-24(23)32-29(27)38/h4-5,7-14,16,32,38H,6,15,17H2,1-3H3,(H,36,37). The molecular weight excluding hydrogens is 487 g/mol. The molecule has 0 spiro atoms. The molecule has 0 saturated carbocycles. The average Bonchev–Trinajstić information content (AvgIpc) is 3.20. The molecule has 196 valence electrons. The van der Waals surface area contributed by atoms with E-state index in [1.54, 1.807) is 47.2 Å². The Morgan fingerprint density at radius 3 is 2.29 bits per heavy atom. The third-order valence-corrected chi connectivity index (χ3v) is 6.14. The van der Waals surface area contributed by atoms with Crippen LogP contribution in [0.5, 0.6) is 5.88 Å². The van der Waals surface area contributed by atoms with Crippen molar-refractivity contribution < 1.29 is 24.2 Å². The first-order valence-electron chi connectivity index (χ1n) is 12.0. The van der Waals surface area contributed by atoms with Gasteiger partial charge >= 0.3 is 5.97 Å². The molecular formula is C29H29FN4O4. The van der Waals surface area contributed by atoms with Crippen molar-refractivity contribution in [3.8, 4) is 5.88 Å². The van der Waals surface area contributed by atoms with Crippen LogP contribution >= 0.6 is 0 Å². The van der Waals surface area contributed by atoms with Crippen LogP contribution in [-0.4, -0.2) is 65.4 Å². The number of aromatic nitrogens is 1. The molecule has 1 amide bonds. The van der Waals surface area contributed by atoms with Crippen LogP contribution in [0, 0.1) is 5.82 Å².